The third-order valence-electron chi connectivity index (χ3n) is 3.83. The molecular formula is C16H16F3NO7. The minimum absolute atomic E-state index is 0.00631. The average Bonchev–Trinajstić information content (AvgIpc) is 2.62. The molecule has 0 spiro atoms. The lowest BCUT2D eigenvalue weighted by Crippen LogP contribution is -2.49. The Morgan fingerprint density at radius 1 is 1.15 bits per heavy atom. The fraction of sp³-hybridized carbons (Fsp3) is 0.375. The highest BCUT2D eigenvalue weighted by atomic mass is 19.4. The molecule has 0 saturated carbocycles. The van der Waals surface area contributed by atoms with Gasteiger partial charge in [-0.25, -0.2) is 4.79 Å². The molecule has 0 aliphatic carbocycles. The minimum Gasteiger partial charge on any atom is -0.423 e. The van der Waals surface area contributed by atoms with E-state index in [-0.39, 0.29) is 17.4 Å². The largest absolute Gasteiger partial charge is 0.423 e. The first-order valence-electron chi connectivity index (χ1n) is 7.60. The van der Waals surface area contributed by atoms with E-state index >= 15 is 0 Å². The van der Waals surface area contributed by atoms with Crippen LogP contribution in [0, 0.1) is 0 Å². The van der Waals surface area contributed by atoms with E-state index in [1.54, 1.807) is 0 Å². The van der Waals surface area contributed by atoms with Gasteiger partial charge in [0, 0.05) is 23.2 Å². The molecule has 148 valence electrons. The molecule has 1 aromatic heterocycles. The summed E-state index contributed by atoms with van der Waals surface area (Å²) >= 11 is 0. The average molecular weight is 391 g/mol. The van der Waals surface area contributed by atoms with Crippen LogP contribution in [0.1, 0.15) is 5.56 Å². The molecule has 0 saturated heterocycles. The van der Waals surface area contributed by atoms with Crippen LogP contribution in [0.15, 0.2) is 33.5 Å². The van der Waals surface area contributed by atoms with Crippen LogP contribution in [0.2, 0.25) is 0 Å². The Labute approximate surface area is 149 Å². The Morgan fingerprint density at radius 3 is 2.37 bits per heavy atom. The number of rotatable bonds is 7. The van der Waals surface area contributed by atoms with Crippen molar-refractivity contribution in [3.8, 4) is 0 Å². The van der Waals surface area contributed by atoms with Crippen LogP contribution in [0.3, 0.4) is 0 Å². The van der Waals surface area contributed by atoms with E-state index < -0.39 is 53.9 Å². The molecular weight excluding hydrogens is 375 g/mol. The normalized spacial score (nSPS) is 16.6. The van der Waals surface area contributed by atoms with Gasteiger partial charge >= 0.3 is 11.8 Å². The van der Waals surface area contributed by atoms with Crippen LogP contribution in [-0.2, 0) is 11.0 Å². The van der Waals surface area contributed by atoms with E-state index in [4.69, 9.17) is 9.52 Å². The van der Waals surface area contributed by atoms with Gasteiger partial charge in [0.2, 0.25) is 0 Å². The highest BCUT2D eigenvalue weighted by molar-refractivity contribution is 5.84. The van der Waals surface area contributed by atoms with Crippen molar-refractivity contribution in [1.82, 2.24) is 0 Å². The van der Waals surface area contributed by atoms with Crippen LogP contribution < -0.4 is 10.9 Å². The lowest BCUT2D eigenvalue weighted by Gasteiger charge is -2.26. The third kappa shape index (κ3) is 4.63. The number of benzene rings is 1. The standard InChI is InChI=1S/C16H16F3NO7/c17-16(18,19)9-4-13(24)27-12-3-7(1-2-8(9)12)20-10(5-21)14(25)15(26)11(23)6-22/h1-5,10-11,14-15,20,22-23,25-26H,6H2/t10-,11+,14+,15+/m1/s1. The molecule has 1 aromatic carbocycles. The fourth-order valence-electron chi connectivity index (χ4n) is 2.43. The summed E-state index contributed by atoms with van der Waals surface area (Å²) in [5, 5.41) is 39.7. The summed E-state index contributed by atoms with van der Waals surface area (Å²) < 4.78 is 43.8. The molecule has 5 N–H and O–H groups in total. The van der Waals surface area contributed by atoms with Gasteiger partial charge in [0.15, 0.2) is 0 Å². The lowest BCUT2D eigenvalue weighted by atomic mass is 10.0. The SMILES string of the molecule is O=C[C@@H](Nc1ccc2c(C(F)(F)F)cc(=O)oc2c1)[C@H](O)[C@@H](O)[C@@H](O)CO. The highest BCUT2D eigenvalue weighted by Crippen LogP contribution is 2.34. The second kappa shape index (κ2) is 8.05. The zero-order chi connectivity index (χ0) is 20.4. The van der Waals surface area contributed by atoms with E-state index in [2.05, 4.69) is 5.32 Å². The van der Waals surface area contributed by atoms with E-state index in [0.29, 0.717) is 6.07 Å². The number of hydrogen-bond donors (Lipinski definition) is 5. The zero-order valence-corrected chi connectivity index (χ0v) is 13.6. The van der Waals surface area contributed by atoms with Crippen LogP contribution >= 0.6 is 0 Å². The van der Waals surface area contributed by atoms with Gasteiger partial charge in [-0.15, -0.1) is 0 Å². The first kappa shape index (κ1) is 20.8. The second-order valence-corrected chi connectivity index (χ2v) is 5.73. The number of aliphatic hydroxyl groups is 4. The molecule has 0 radical (unpaired) electrons. The van der Waals surface area contributed by atoms with Crippen LogP contribution in [-0.4, -0.2) is 57.7 Å². The lowest BCUT2D eigenvalue weighted by molar-refractivity contribution is -0.136. The molecule has 4 atom stereocenters. The van der Waals surface area contributed by atoms with Crippen molar-refractivity contribution in [3.05, 3.63) is 40.2 Å². The number of alkyl halides is 3. The fourth-order valence-corrected chi connectivity index (χ4v) is 2.43. The summed E-state index contributed by atoms with van der Waals surface area (Å²) in [4.78, 5) is 22.5. The maximum atomic E-state index is 13.0. The van der Waals surface area contributed by atoms with Gasteiger partial charge < -0.3 is 35.0 Å². The number of aliphatic hydroxyl groups excluding tert-OH is 4. The number of aldehydes is 1. The van der Waals surface area contributed by atoms with Gasteiger partial charge in [-0.1, -0.05) is 0 Å². The quantitative estimate of drug-likeness (QED) is 0.325. The molecule has 2 aromatic rings. The number of halogens is 3. The Morgan fingerprint density at radius 2 is 1.81 bits per heavy atom. The molecule has 0 fully saturated rings. The van der Waals surface area contributed by atoms with E-state index in [1.165, 1.54) is 0 Å². The van der Waals surface area contributed by atoms with Gasteiger partial charge in [0.1, 0.15) is 36.2 Å². The summed E-state index contributed by atoms with van der Waals surface area (Å²) in [5.41, 5.74) is -2.81. The van der Waals surface area contributed by atoms with Crippen molar-refractivity contribution in [2.24, 2.45) is 0 Å². The monoisotopic (exact) mass is 391 g/mol. The topological polar surface area (TPSA) is 140 Å². The van der Waals surface area contributed by atoms with Gasteiger partial charge in [0.25, 0.3) is 0 Å². The number of carbonyl (C=O) groups is 1. The number of nitrogens with one attached hydrogen (secondary N) is 1. The van der Waals surface area contributed by atoms with Crippen molar-refractivity contribution < 1.29 is 42.8 Å². The summed E-state index contributed by atoms with van der Waals surface area (Å²) in [6.45, 7) is -0.870. The smallest absolute Gasteiger partial charge is 0.417 e. The van der Waals surface area contributed by atoms with E-state index in [1.807, 2.05) is 0 Å². The summed E-state index contributed by atoms with van der Waals surface area (Å²) in [7, 11) is 0. The third-order valence-corrected chi connectivity index (χ3v) is 3.83. The van der Waals surface area contributed by atoms with Crippen molar-refractivity contribution in [1.29, 1.82) is 0 Å². The van der Waals surface area contributed by atoms with Crippen LogP contribution in [0.4, 0.5) is 18.9 Å². The second-order valence-electron chi connectivity index (χ2n) is 5.73. The summed E-state index contributed by atoms with van der Waals surface area (Å²) in [5.74, 6) is 0. The maximum absolute atomic E-state index is 13.0. The van der Waals surface area contributed by atoms with Gasteiger partial charge in [-0.3, -0.25) is 0 Å². The molecule has 1 heterocycles. The minimum atomic E-state index is -4.78. The molecule has 0 aliphatic rings. The number of hydrogen-bond acceptors (Lipinski definition) is 8. The summed E-state index contributed by atoms with van der Waals surface area (Å²) in [6, 6.07) is 2.02. The molecule has 2 rings (SSSR count). The van der Waals surface area contributed by atoms with Crippen molar-refractivity contribution in [3.63, 3.8) is 0 Å². The number of fused-ring (bicyclic) bond motifs is 1. The molecule has 8 nitrogen and oxygen atoms in total. The molecule has 0 bridgehead atoms. The Kier molecular flexibility index (Phi) is 6.21. The predicted molar refractivity (Wildman–Crippen MR) is 86.1 cm³/mol. The Hall–Kier alpha value is -2.47. The Balaban J connectivity index is 2.36. The predicted octanol–water partition coefficient (Wildman–Crippen LogP) is -0.134. The summed E-state index contributed by atoms with van der Waals surface area (Å²) in [6.07, 6.45) is -10.0. The molecule has 11 heteroatoms. The molecule has 0 amide bonds. The molecule has 27 heavy (non-hydrogen) atoms. The van der Waals surface area contributed by atoms with Crippen LogP contribution in [0.25, 0.3) is 11.0 Å². The van der Waals surface area contributed by atoms with Crippen LogP contribution in [0.5, 0.6) is 0 Å². The van der Waals surface area contributed by atoms with Gasteiger partial charge in [0.05, 0.1) is 12.2 Å². The first-order valence-corrected chi connectivity index (χ1v) is 7.60. The number of anilines is 1. The Bertz CT molecular complexity index is 867. The maximum Gasteiger partial charge on any atom is 0.417 e. The molecule has 0 aliphatic heterocycles. The van der Waals surface area contributed by atoms with Crippen molar-refractivity contribution >= 4 is 22.9 Å². The first-order chi connectivity index (χ1) is 12.6. The van der Waals surface area contributed by atoms with Gasteiger partial charge in [-0.2, -0.15) is 13.2 Å². The molecule has 0 unspecified atom stereocenters. The van der Waals surface area contributed by atoms with Crippen molar-refractivity contribution in [2.75, 3.05) is 11.9 Å². The van der Waals surface area contributed by atoms with E-state index in [9.17, 15) is 38.1 Å². The highest BCUT2D eigenvalue weighted by Gasteiger charge is 2.34. The number of carbonyl (C=O) groups excluding carboxylic acids is 1. The zero-order valence-electron chi connectivity index (χ0n) is 13.6. The van der Waals surface area contributed by atoms with E-state index in [0.717, 1.165) is 18.2 Å². The van der Waals surface area contributed by atoms with Gasteiger partial charge in [-0.05, 0) is 12.1 Å². The van der Waals surface area contributed by atoms with Crippen molar-refractivity contribution in [2.45, 2.75) is 30.5 Å².